The van der Waals surface area contributed by atoms with E-state index < -0.39 is 22.2 Å². The molecule has 0 saturated carbocycles. The van der Waals surface area contributed by atoms with Crippen LogP contribution >= 0.6 is 22.9 Å². The highest BCUT2D eigenvalue weighted by atomic mass is 35.5. The number of ether oxygens (including phenoxy) is 2. The van der Waals surface area contributed by atoms with Crippen molar-refractivity contribution in [3.8, 4) is 0 Å². The van der Waals surface area contributed by atoms with Crippen LogP contribution in [-0.2, 0) is 19.5 Å². The van der Waals surface area contributed by atoms with Crippen LogP contribution in [0.2, 0.25) is 4.34 Å². The second-order valence-electron chi connectivity index (χ2n) is 6.26. The molecule has 3 atom stereocenters. The van der Waals surface area contributed by atoms with Crippen molar-refractivity contribution in [3.05, 3.63) is 16.5 Å². The molecule has 1 aromatic heterocycles. The smallest absolute Gasteiger partial charge is 0.250 e. The molecular formula is C16H26ClNO5S2. The summed E-state index contributed by atoms with van der Waals surface area (Å²) in [5.41, 5.74) is 0. The number of nitrogens with one attached hydrogen (secondary N) is 1. The lowest BCUT2D eigenvalue weighted by Crippen LogP contribution is -2.47. The van der Waals surface area contributed by atoms with Gasteiger partial charge in [0, 0.05) is 6.42 Å². The van der Waals surface area contributed by atoms with Gasteiger partial charge in [-0.25, -0.2) is 13.1 Å². The summed E-state index contributed by atoms with van der Waals surface area (Å²) in [5.74, 6) is -0.0200. The summed E-state index contributed by atoms with van der Waals surface area (Å²) in [6.07, 6.45) is 1.39. The van der Waals surface area contributed by atoms with E-state index in [1.165, 1.54) is 6.07 Å². The molecule has 1 fully saturated rings. The van der Waals surface area contributed by atoms with Crippen molar-refractivity contribution in [1.29, 1.82) is 0 Å². The Labute approximate surface area is 158 Å². The standard InChI is InChI=1S/C16H26ClNO5S2/c1-3-11(2)16(12(19)5-7-14-22-9-4-10-23-14)18-25(20,21)15-8-6-13(17)24-15/h6,8,11-12,14,16,18-19H,3-5,7,9-10H2,1-2H3/t11-,12?,16?/m0/s1. The summed E-state index contributed by atoms with van der Waals surface area (Å²) in [4.78, 5) is 0. The van der Waals surface area contributed by atoms with Gasteiger partial charge in [0.25, 0.3) is 0 Å². The molecule has 2 N–H and O–H groups in total. The van der Waals surface area contributed by atoms with Crippen LogP contribution in [0.25, 0.3) is 0 Å². The summed E-state index contributed by atoms with van der Waals surface area (Å²) in [6.45, 7) is 5.20. The molecule has 25 heavy (non-hydrogen) atoms. The lowest BCUT2D eigenvalue weighted by atomic mass is 9.93. The molecule has 1 saturated heterocycles. The normalized spacial score (nSPS) is 20.3. The average molecular weight is 412 g/mol. The van der Waals surface area contributed by atoms with Crippen LogP contribution in [0.4, 0.5) is 0 Å². The van der Waals surface area contributed by atoms with Gasteiger partial charge in [-0.05, 0) is 30.9 Å². The van der Waals surface area contributed by atoms with E-state index in [-0.39, 0.29) is 16.4 Å². The first-order valence-electron chi connectivity index (χ1n) is 8.52. The van der Waals surface area contributed by atoms with Gasteiger partial charge < -0.3 is 14.6 Å². The van der Waals surface area contributed by atoms with Crippen LogP contribution in [0.15, 0.2) is 16.3 Å². The van der Waals surface area contributed by atoms with Crippen molar-refractivity contribution >= 4 is 33.0 Å². The number of thiophene rings is 1. The average Bonchev–Trinajstić information content (AvgIpc) is 3.05. The maximum atomic E-state index is 12.6. The Balaban J connectivity index is 2.01. The van der Waals surface area contributed by atoms with Gasteiger partial charge in [-0.1, -0.05) is 31.9 Å². The molecule has 0 aliphatic carbocycles. The van der Waals surface area contributed by atoms with E-state index >= 15 is 0 Å². The zero-order valence-electron chi connectivity index (χ0n) is 14.5. The summed E-state index contributed by atoms with van der Waals surface area (Å²) in [5, 5.41) is 10.6. The summed E-state index contributed by atoms with van der Waals surface area (Å²) < 4.78 is 39.3. The van der Waals surface area contributed by atoms with Crippen molar-refractivity contribution in [2.45, 2.75) is 62.2 Å². The molecule has 1 aliphatic rings. The van der Waals surface area contributed by atoms with Crippen LogP contribution < -0.4 is 4.72 Å². The van der Waals surface area contributed by atoms with Gasteiger partial charge in [-0.3, -0.25) is 0 Å². The van der Waals surface area contributed by atoms with Gasteiger partial charge in [0.05, 0.1) is 29.7 Å². The molecule has 1 aliphatic heterocycles. The second-order valence-corrected chi connectivity index (χ2v) is 9.92. The van der Waals surface area contributed by atoms with Gasteiger partial charge in [0.15, 0.2) is 6.29 Å². The molecule has 0 amide bonds. The topological polar surface area (TPSA) is 84.9 Å². The quantitative estimate of drug-likeness (QED) is 0.652. The molecule has 144 valence electrons. The first-order valence-corrected chi connectivity index (χ1v) is 11.2. The highest BCUT2D eigenvalue weighted by molar-refractivity contribution is 7.91. The number of sulfonamides is 1. The Morgan fingerprint density at radius 3 is 2.64 bits per heavy atom. The minimum Gasteiger partial charge on any atom is -0.391 e. The fourth-order valence-electron chi connectivity index (χ4n) is 2.70. The van der Waals surface area contributed by atoms with Crippen LogP contribution in [0.5, 0.6) is 0 Å². The highest BCUT2D eigenvalue weighted by Crippen LogP contribution is 2.27. The molecule has 0 bridgehead atoms. The Morgan fingerprint density at radius 2 is 2.08 bits per heavy atom. The molecule has 2 unspecified atom stereocenters. The number of aliphatic hydroxyl groups excluding tert-OH is 1. The van der Waals surface area contributed by atoms with Gasteiger partial charge in [-0.15, -0.1) is 11.3 Å². The first-order chi connectivity index (χ1) is 11.8. The molecule has 9 heteroatoms. The van der Waals surface area contributed by atoms with E-state index in [0.717, 1.165) is 24.2 Å². The maximum absolute atomic E-state index is 12.6. The van der Waals surface area contributed by atoms with Crippen molar-refractivity contribution in [3.63, 3.8) is 0 Å². The third-order valence-electron chi connectivity index (χ3n) is 4.37. The summed E-state index contributed by atoms with van der Waals surface area (Å²) in [7, 11) is -3.72. The van der Waals surface area contributed by atoms with E-state index in [1.54, 1.807) is 6.07 Å². The van der Waals surface area contributed by atoms with Crippen LogP contribution in [0, 0.1) is 5.92 Å². The number of hydrogen-bond donors (Lipinski definition) is 2. The number of rotatable bonds is 9. The fourth-order valence-corrected chi connectivity index (χ4v) is 5.57. The predicted octanol–water partition coefficient (Wildman–Crippen LogP) is 3.00. The third-order valence-corrected chi connectivity index (χ3v) is 7.55. The van der Waals surface area contributed by atoms with Crippen molar-refractivity contribution in [2.75, 3.05) is 13.2 Å². The molecule has 0 spiro atoms. The first kappa shape index (κ1) is 21.1. The SMILES string of the molecule is CC[C@H](C)C(NS(=O)(=O)c1ccc(Cl)s1)C(O)CCC1OCCCO1. The largest absolute Gasteiger partial charge is 0.391 e. The van der Waals surface area contributed by atoms with Crippen molar-refractivity contribution in [1.82, 2.24) is 4.72 Å². The third kappa shape index (κ3) is 6.16. The van der Waals surface area contributed by atoms with Gasteiger partial charge in [0.2, 0.25) is 10.0 Å². The number of aliphatic hydroxyl groups is 1. The molecule has 2 rings (SSSR count). The predicted molar refractivity (Wildman–Crippen MR) is 98.4 cm³/mol. The van der Waals surface area contributed by atoms with Crippen LogP contribution in [-0.4, -0.2) is 45.2 Å². The Kier molecular flexibility index (Phi) is 8.13. The van der Waals surface area contributed by atoms with E-state index in [1.807, 2.05) is 13.8 Å². The lowest BCUT2D eigenvalue weighted by Gasteiger charge is -2.30. The van der Waals surface area contributed by atoms with E-state index in [4.69, 9.17) is 21.1 Å². The van der Waals surface area contributed by atoms with Crippen LogP contribution in [0.1, 0.15) is 39.5 Å². The molecular weight excluding hydrogens is 386 g/mol. The molecule has 6 nitrogen and oxygen atoms in total. The zero-order chi connectivity index (χ0) is 18.4. The Bertz CT molecular complexity index is 630. The van der Waals surface area contributed by atoms with Gasteiger partial charge >= 0.3 is 0 Å². The molecule has 0 radical (unpaired) electrons. The molecule has 1 aromatic rings. The van der Waals surface area contributed by atoms with E-state index in [2.05, 4.69) is 4.72 Å². The van der Waals surface area contributed by atoms with Crippen molar-refractivity contribution in [2.24, 2.45) is 5.92 Å². The van der Waals surface area contributed by atoms with E-state index in [0.29, 0.717) is 30.4 Å². The molecule has 0 aromatic carbocycles. The highest BCUT2D eigenvalue weighted by Gasteiger charge is 2.31. The zero-order valence-corrected chi connectivity index (χ0v) is 16.9. The second kappa shape index (κ2) is 9.64. The minimum atomic E-state index is -3.72. The van der Waals surface area contributed by atoms with E-state index in [9.17, 15) is 13.5 Å². The van der Waals surface area contributed by atoms with Crippen LogP contribution in [0.3, 0.4) is 0 Å². The van der Waals surface area contributed by atoms with Gasteiger partial charge in [-0.2, -0.15) is 0 Å². The number of halogens is 1. The monoisotopic (exact) mass is 411 g/mol. The summed E-state index contributed by atoms with van der Waals surface area (Å²) >= 11 is 6.84. The molecule has 2 heterocycles. The fraction of sp³-hybridized carbons (Fsp3) is 0.750. The Hall–Kier alpha value is -0.220. The summed E-state index contributed by atoms with van der Waals surface area (Å²) in [6, 6.07) is 2.44. The minimum absolute atomic E-state index is 0.0200. The lowest BCUT2D eigenvalue weighted by molar-refractivity contribution is -0.184. The Morgan fingerprint density at radius 1 is 1.40 bits per heavy atom. The maximum Gasteiger partial charge on any atom is 0.250 e. The number of hydrogen-bond acceptors (Lipinski definition) is 6. The van der Waals surface area contributed by atoms with Gasteiger partial charge in [0.1, 0.15) is 4.21 Å². The van der Waals surface area contributed by atoms with Crippen molar-refractivity contribution < 1.29 is 23.0 Å².